The Balaban J connectivity index is 1.35. The number of aromatic nitrogens is 3. The molecule has 3 aromatic rings. The molecule has 1 aromatic heterocycles. The molecule has 0 radical (unpaired) electrons. The minimum absolute atomic E-state index is 0.669. The molecule has 4 rings (SSSR count). The molecule has 1 unspecified atom stereocenters. The van der Waals surface area contributed by atoms with E-state index in [1.54, 1.807) is 0 Å². The molecule has 0 N–H and O–H groups in total. The Hall–Kier alpha value is -2.46. The van der Waals surface area contributed by atoms with Crippen molar-refractivity contribution < 1.29 is 0 Å². The maximum atomic E-state index is 4.38. The van der Waals surface area contributed by atoms with Crippen molar-refractivity contribution in [3.8, 4) is 0 Å². The van der Waals surface area contributed by atoms with E-state index in [0.717, 1.165) is 31.9 Å². The van der Waals surface area contributed by atoms with E-state index in [1.165, 1.54) is 24.1 Å². The molecule has 0 spiro atoms. The van der Waals surface area contributed by atoms with Crippen molar-refractivity contribution in [2.24, 2.45) is 5.92 Å². The van der Waals surface area contributed by atoms with E-state index in [0.29, 0.717) is 5.92 Å². The largest absolute Gasteiger partial charge is 0.313 e. The summed E-state index contributed by atoms with van der Waals surface area (Å²) in [4.78, 5) is 2.55. The SMILES string of the molecule is c1ccc(CN2CCC(Cc3nncn3Cc3ccccc3)C2)cc1. The van der Waals surface area contributed by atoms with Crippen LogP contribution in [-0.2, 0) is 19.5 Å². The van der Waals surface area contributed by atoms with Crippen molar-refractivity contribution in [1.82, 2.24) is 19.7 Å². The Morgan fingerprint density at radius 2 is 1.56 bits per heavy atom. The Kier molecular flexibility index (Phi) is 4.89. The van der Waals surface area contributed by atoms with Gasteiger partial charge in [0.2, 0.25) is 0 Å². The summed E-state index contributed by atoms with van der Waals surface area (Å²) in [6.07, 6.45) is 4.11. The van der Waals surface area contributed by atoms with Gasteiger partial charge in [0.05, 0.1) is 6.54 Å². The fourth-order valence-corrected chi connectivity index (χ4v) is 3.67. The van der Waals surface area contributed by atoms with Gasteiger partial charge >= 0.3 is 0 Å². The molecule has 0 aliphatic carbocycles. The van der Waals surface area contributed by atoms with Gasteiger partial charge in [-0.1, -0.05) is 60.7 Å². The second kappa shape index (κ2) is 7.62. The average Bonchev–Trinajstić information content (AvgIpc) is 3.27. The lowest BCUT2D eigenvalue weighted by atomic mass is 10.0. The molecule has 25 heavy (non-hydrogen) atoms. The second-order valence-electron chi connectivity index (χ2n) is 6.94. The van der Waals surface area contributed by atoms with E-state index in [-0.39, 0.29) is 0 Å². The summed E-state index contributed by atoms with van der Waals surface area (Å²) in [5, 5.41) is 8.53. The third-order valence-electron chi connectivity index (χ3n) is 4.98. The normalized spacial score (nSPS) is 17.8. The summed E-state index contributed by atoms with van der Waals surface area (Å²) in [7, 11) is 0. The predicted molar refractivity (Wildman–Crippen MR) is 99.1 cm³/mol. The van der Waals surface area contributed by atoms with Crippen LogP contribution in [-0.4, -0.2) is 32.8 Å². The zero-order valence-corrected chi connectivity index (χ0v) is 14.5. The first-order valence-corrected chi connectivity index (χ1v) is 9.04. The van der Waals surface area contributed by atoms with Gasteiger partial charge in [-0.2, -0.15) is 0 Å². The summed E-state index contributed by atoms with van der Waals surface area (Å²) < 4.78 is 2.19. The van der Waals surface area contributed by atoms with Gasteiger partial charge in [0.25, 0.3) is 0 Å². The van der Waals surface area contributed by atoms with Crippen molar-refractivity contribution in [3.05, 3.63) is 83.9 Å². The molecule has 4 heteroatoms. The maximum absolute atomic E-state index is 4.38. The fraction of sp³-hybridized carbons (Fsp3) is 0.333. The van der Waals surface area contributed by atoms with Gasteiger partial charge in [0.15, 0.2) is 0 Å². The molecule has 1 fully saturated rings. The standard InChI is InChI=1S/C21H24N4/c1-3-7-18(8-4-1)14-24-12-11-20(15-24)13-21-23-22-17-25(21)16-19-9-5-2-6-10-19/h1-10,17,20H,11-16H2. The van der Waals surface area contributed by atoms with Crippen molar-refractivity contribution in [3.63, 3.8) is 0 Å². The lowest BCUT2D eigenvalue weighted by molar-refractivity contribution is 0.315. The second-order valence-corrected chi connectivity index (χ2v) is 6.94. The number of benzene rings is 2. The zero-order chi connectivity index (χ0) is 16.9. The molecule has 1 aliphatic heterocycles. The lowest BCUT2D eigenvalue weighted by Crippen LogP contribution is -2.21. The molecule has 4 nitrogen and oxygen atoms in total. The Bertz CT molecular complexity index is 782. The first-order chi connectivity index (χ1) is 12.4. The fourth-order valence-electron chi connectivity index (χ4n) is 3.67. The Labute approximate surface area is 149 Å². The van der Waals surface area contributed by atoms with Crippen LogP contribution in [0.25, 0.3) is 0 Å². The highest BCUT2D eigenvalue weighted by Gasteiger charge is 2.24. The maximum Gasteiger partial charge on any atom is 0.133 e. The van der Waals surface area contributed by atoms with E-state index in [2.05, 4.69) is 80.3 Å². The lowest BCUT2D eigenvalue weighted by Gasteiger charge is -2.16. The van der Waals surface area contributed by atoms with Crippen LogP contribution >= 0.6 is 0 Å². The summed E-state index contributed by atoms with van der Waals surface area (Å²) in [5.74, 6) is 1.78. The molecule has 0 saturated carbocycles. The highest BCUT2D eigenvalue weighted by atomic mass is 15.3. The third-order valence-corrected chi connectivity index (χ3v) is 4.98. The van der Waals surface area contributed by atoms with Crippen molar-refractivity contribution >= 4 is 0 Å². The number of nitrogens with zero attached hydrogens (tertiary/aromatic N) is 4. The summed E-state index contributed by atoms with van der Waals surface area (Å²) >= 11 is 0. The highest BCUT2D eigenvalue weighted by Crippen LogP contribution is 2.22. The minimum Gasteiger partial charge on any atom is -0.313 e. The van der Waals surface area contributed by atoms with E-state index in [4.69, 9.17) is 0 Å². The van der Waals surface area contributed by atoms with Gasteiger partial charge in [-0.15, -0.1) is 10.2 Å². The van der Waals surface area contributed by atoms with Gasteiger partial charge < -0.3 is 4.57 Å². The van der Waals surface area contributed by atoms with Crippen LogP contribution in [0.5, 0.6) is 0 Å². The van der Waals surface area contributed by atoms with Crippen LogP contribution in [0.2, 0.25) is 0 Å². The molecule has 0 amide bonds. The van der Waals surface area contributed by atoms with E-state index in [1.807, 2.05) is 6.33 Å². The van der Waals surface area contributed by atoms with Crippen molar-refractivity contribution in [2.75, 3.05) is 13.1 Å². The summed E-state index contributed by atoms with van der Waals surface area (Å²) in [6.45, 7) is 4.22. The summed E-state index contributed by atoms with van der Waals surface area (Å²) in [6, 6.07) is 21.3. The smallest absolute Gasteiger partial charge is 0.133 e. The first-order valence-electron chi connectivity index (χ1n) is 9.04. The molecule has 1 aliphatic rings. The van der Waals surface area contributed by atoms with Gasteiger partial charge in [-0.05, 0) is 30.0 Å². The quantitative estimate of drug-likeness (QED) is 0.694. The minimum atomic E-state index is 0.669. The zero-order valence-electron chi connectivity index (χ0n) is 14.5. The number of likely N-dealkylation sites (tertiary alicyclic amines) is 1. The number of hydrogen-bond acceptors (Lipinski definition) is 3. The molecule has 2 heterocycles. The van der Waals surface area contributed by atoms with Gasteiger partial charge in [0.1, 0.15) is 12.2 Å². The Morgan fingerprint density at radius 1 is 0.880 bits per heavy atom. The number of hydrogen-bond donors (Lipinski definition) is 0. The van der Waals surface area contributed by atoms with Crippen molar-refractivity contribution in [2.45, 2.75) is 25.9 Å². The number of rotatable bonds is 6. The van der Waals surface area contributed by atoms with Gasteiger partial charge in [0, 0.05) is 19.5 Å². The van der Waals surface area contributed by atoms with Crippen LogP contribution < -0.4 is 0 Å². The summed E-state index contributed by atoms with van der Waals surface area (Å²) in [5.41, 5.74) is 2.69. The van der Waals surface area contributed by atoms with Crippen LogP contribution in [0.4, 0.5) is 0 Å². The van der Waals surface area contributed by atoms with Crippen LogP contribution in [0, 0.1) is 5.92 Å². The van der Waals surface area contributed by atoms with Crippen molar-refractivity contribution in [1.29, 1.82) is 0 Å². The van der Waals surface area contributed by atoms with Gasteiger partial charge in [-0.3, -0.25) is 4.90 Å². The first kappa shape index (κ1) is 16.0. The molecule has 1 saturated heterocycles. The third kappa shape index (κ3) is 4.15. The van der Waals surface area contributed by atoms with Crippen LogP contribution in [0.1, 0.15) is 23.4 Å². The average molecular weight is 332 g/mol. The monoisotopic (exact) mass is 332 g/mol. The molecular formula is C21H24N4. The van der Waals surface area contributed by atoms with Gasteiger partial charge in [-0.25, -0.2) is 0 Å². The van der Waals surface area contributed by atoms with E-state index in [9.17, 15) is 0 Å². The van der Waals surface area contributed by atoms with Crippen LogP contribution in [0.15, 0.2) is 67.0 Å². The molecular weight excluding hydrogens is 308 g/mol. The highest BCUT2D eigenvalue weighted by molar-refractivity contribution is 5.16. The molecule has 0 bridgehead atoms. The predicted octanol–water partition coefficient (Wildman–Crippen LogP) is 3.39. The molecule has 2 aromatic carbocycles. The van der Waals surface area contributed by atoms with Crippen LogP contribution in [0.3, 0.4) is 0 Å². The topological polar surface area (TPSA) is 34.0 Å². The molecule has 1 atom stereocenters. The van der Waals surface area contributed by atoms with E-state index < -0.39 is 0 Å². The molecule has 128 valence electrons. The Morgan fingerprint density at radius 3 is 2.28 bits per heavy atom. The van der Waals surface area contributed by atoms with E-state index >= 15 is 0 Å².